The van der Waals surface area contributed by atoms with Gasteiger partial charge in [0.2, 0.25) is 17.7 Å². The van der Waals surface area contributed by atoms with E-state index < -0.39 is 47.7 Å². The van der Waals surface area contributed by atoms with Crippen LogP contribution in [0, 0.1) is 17.8 Å². The average molecular weight is 652 g/mol. The van der Waals surface area contributed by atoms with Crippen LogP contribution in [0.4, 0.5) is 0 Å². The molecule has 1 aromatic rings. The standard InChI is InChI=1S/C37H53N3O7/c1-7-11-18-30(42)38-22-29(26-16-13-12-14-17-26)46-36(45)31-28-19-20-37(47-28)32(31)34(43)40(27(23-41)24(5)10-4)33(37)35(44)39(21-9-3)25(6)15-8-2/h7,9,12-14,16-17,24-25,27-29,31-33,41H,1,3,8,10-11,15,18-23H2,2,4-6H3,(H,38,42)/t24-,25?,27-,28+,29-,31-,32-,33+,37-/m0/s1. The predicted octanol–water partition coefficient (Wildman–Crippen LogP) is 4.34. The minimum atomic E-state index is -1.23. The van der Waals surface area contributed by atoms with E-state index in [9.17, 15) is 24.3 Å². The van der Waals surface area contributed by atoms with Crippen molar-refractivity contribution in [2.24, 2.45) is 17.8 Å². The smallest absolute Gasteiger partial charge is 0.313 e. The molecule has 47 heavy (non-hydrogen) atoms. The molecule has 2 N–H and O–H groups in total. The zero-order chi connectivity index (χ0) is 34.3. The number of fused-ring (bicyclic) bond motifs is 1. The Hall–Kier alpha value is -3.50. The SMILES string of the molecule is C=CCCC(=O)NC[C@H](OC(=O)[C@@H]1[C@H]2C(=O)N([C@@H](CO)[C@@H](C)CC)[C@H](C(=O)N(CC=C)C(C)CCC)[C@]23CC[C@H]1O3)c1ccccc1. The fourth-order valence-electron chi connectivity index (χ4n) is 7.81. The number of rotatable bonds is 18. The van der Waals surface area contributed by atoms with E-state index in [4.69, 9.17) is 9.47 Å². The Balaban J connectivity index is 1.70. The van der Waals surface area contributed by atoms with Crippen molar-refractivity contribution in [1.82, 2.24) is 15.1 Å². The number of allylic oxidation sites excluding steroid dienone is 1. The molecule has 10 nitrogen and oxygen atoms in total. The Morgan fingerprint density at radius 1 is 1.19 bits per heavy atom. The van der Waals surface area contributed by atoms with Gasteiger partial charge in [-0.05, 0) is 44.1 Å². The lowest BCUT2D eigenvalue weighted by Crippen LogP contribution is -2.60. The second-order valence-corrected chi connectivity index (χ2v) is 13.3. The number of benzene rings is 1. The summed E-state index contributed by atoms with van der Waals surface area (Å²) in [6.07, 6.45) is 6.03. The molecule has 3 heterocycles. The zero-order valence-corrected chi connectivity index (χ0v) is 28.4. The maximum atomic E-state index is 14.7. The molecule has 3 amide bonds. The van der Waals surface area contributed by atoms with Crippen molar-refractivity contribution in [1.29, 1.82) is 0 Å². The van der Waals surface area contributed by atoms with E-state index in [0.29, 0.717) is 37.8 Å². The number of aliphatic hydroxyl groups is 1. The van der Waals surface area contributed by atoms with Gasteiger partial charge in [-0.15, -0.1) is 13.2 Å². The monoisotopic (exact) mass is 651 g/mol. The topological polar surface area (TPSA) is 125 Å². The molecule has 3 aliphatic heterocycles. The molecule has 0 radical (unpaired) electrons. The summed E-state index contributed by atoms with van der Waals surface area (Å²) in [5.41, 5.74) is -0.520. The Bertz CT molecular complexity index is 1290. The summed E-state index contributed by atoms with van der Waals surface area (Å²) in [5.74, 6) is -3.37. The van der Waals surface area contributed by atoms with Gasteiger partial charge in [-0.3, -0.25) is 19.2 Å². The van der Waals surface area contributed by atoms with Gasteiger partial charge in [0.1, 0.15) is 17.7 Å². The average Bonchev–Trinajstić information content (AvgIpc) is 3.72. The summed E-state index contributed by atoms with van der Waals surface area (Å²) in [6.45, 7) is 15.6. The summed E-state index contributed by atoms with van der Waals surface area (Å²) < 4.78 is 12.8. The number of carbonyl (C=O) groups is 4. The maximum Gasteiger partial charge on any atom is 0.313 e. The number of nitrogens with zero attached hydrogens (tertiary/aromatic N) is 2. The lowest BCUT2D eigenvalue weighted by Gasteiger charge is -2.42. The molecule has 3 aliphatic rings. The van der Waals surface area contributed by atoms with Crippen molar-refractivity contribution in [3.63, 3.8) is 0 Å². The zero-order valence-electron chi connectivity index (χ0n) is 28.4. The largest absolute Gasteiger partial charge is 0.455 e. The fraction of sp³-hybridized carbons (Fsp3) is 0.622. The lowest BCUT2D eigenvalue weighted by molar-refractivity contribution is -0.161. The lowest BCUT2D eigenvalue weighted by atomic mass is 9.70. The van der Waals surface area contributed by atoms with Crippen LogP contribution in [-0.4, -0.2) is 88.1 Å². The molecule has 4 rings (SSSR count). The summed E-state index contributed by atoms with van der Waals surface area (Å²) in [5, 5.41) is 13.5. The van der Waals surface area contributed by atoms with Crippen LogP contribution in [0.1, 0.15) is 84.3 Å². The number of hydrogen-bond donors (Lipinski definition) is 2. The van der Waals surface area contributed by atoms with E-state index in [0.717, 1.165) is 12.8 Å². The van der Waals surface area contributed by atoms with Crippen LogP contribution in [0.2, 0.25) is 0 Å². The van der Waals surface area contributed by atoms with Crippen LogP contribution in [-0.2, 0) is 28.7 Å². The van der Waals surface area contributed by atoms with E-state index >= 15 is 0 Å². The van der Waals surface area contributed by atoms with Crippen LogP contribution in [0.5, 0.6) is 0 Å². The minimum Gasteiger partial charge on any atom is -0.455 e. The molecule has 0 aromatic heterocycles. The van der Waals surface area contributed by atoms with Crippen molar-refractivity contribution in [2.45, 2.75) is 109 Å². The van der Waals surface area contributed by atoms with Gasteiger partial charge in [-0.2, -0.15) is 0 Å². The molecule has 0 aliphatic carbocycles. The molecule has 1 aromatic carbocycles. The van der Waals surface area contributed by atoms with Crippen LogP contribution >= 0.6 is 0 Å². The van der Waals surface area contributed by atoms with Gasteiger partial charge < -0.3 is 29.7 Å². The molecule has 1 unspecified atom stereocenters. The Labute approximate surface area is 279 Å². The van der Waals surface area contributed by atoms with Crippen molar-refractivity contribution < 1.29 is 33.8 Å². The summed E-state index contributed by atoms with van der Waals surface area (Å²) >= 11 is 0. The van der Waals surface area contributed by atoms with E-state index in [1.807, 2.05) is 51.1 Å². The molecule has 1 spiro atoms. The Kier molecular flexibility index (Phi) is 12.4. The third kappa shape index (κ3) is 7.18. The van der Waals surface area contributed by atoms with Crippen molar-refractivity contribution in [2.75, 3.05) is 19.7 Å². The predicted molar refractivity (Wildman–Crippen MR) is 179 cm³/mol. The first-order valence-electron chi connectivity index (χ1n) is 17.2. The summed E-state index contributed by atoms with van der Waals surface area (Å²) in [4.78, 5) is 59.3. The minimum absolute atomic E-state index is 0.0629. The molecule has 3 fully saturated rings. The fourth-order valence-corrected chi connectivity index (χ4v) is 7.81. The first kappa shape index (κ1) is 36.3. The number of amides is 3. The molecule has 10 heteroatoms. The van der Waals surface area contributed by atoms with Crippen LogP contribution < -0.4 is 5.32 Å². The molecule has 3 saturated heterocycles. The maximum absolute atomic E-state index is 14.7. The molecular formula is C37H53N3O7. The second kappa shape index (κ2) is 16.1. The van der Waals surface area contributed by atoms with Crippen molar-refractivity contribution >= 4 is 23.7 Å². The van der Waals surface area contributed by atoms with E-state index in [-0.39, 0.29) is 49.3 Å². The highest BCUT2D eigenvalue weighted by atomic mass is 16.6. The number of hydrogen-bond acceptors (Lipinski definition) is 7. The van der Waals surface area contributed by atoms with Gasteiger partial charge in [0, 0.05) is 19.0 Å². The molecule has 0 saturated carbocycles. The number of nitrogens with one attached hydrogen (secondary N) is 1. The van der Waals surface area contributed by atoms with Gasteiger partial charge in [0.15, 0.2) is 0 Å². The van der Waals surface area contributed by atoms with E-state index in [1.54, 1.807) is 22.0 Å². The van der Waals surface area contributed by atoms with Crippen LogP contribution in [0.3, 0.4) is 0 Å². The first-order chi connectivity index (χ1) is 22.6. The number of likely N-dealkylation sites (tertiary alicyclic amines) is 1. The second-order valence-electron chi connectivity index (χ2n) is 13.3. The molecular weight excluding hydrogens is 598 g/mol. The van der Waals surface area contributed by atoms with E-state index in [1.165, 1.54) is 0 Å². The normalized spacial score (nSPS) is 27.0. The van der Waals surface area contributed by atoms with Gasteiger partial charge in [0.05, 0.1) is 37.1 Å². The van der Waals surface area contributed by atoms with E-state index in [2.05, 4.69) is 25.4 Å². The van der Waals surface area contributed by atoms with Crippen LogP contribution in [0.15, 0.2) is 55.6 Å². The van der Waals surface area contributed by atoms with Gasteiger partial charge in [-0.25, -0.2) is 0 Å². The molecule has 2 bridgehead atoms. The molecule has 9 atom stereocenters. The third-order valence-electron chi connectivity index (χ3n) is 10.4. The quantitative estimate of drug-likeness (QED) is 0.179. The highest BCUT2D eigenvalue weighted by Crippen LogP contribution is 2.59. The highest BCUT2D eigenvalue weighted by Gasteiger charge is 2.76. The Morgan fingerprint density at radius 2 is 1.91 bits per heavy atom. The summed E-state index contributed by atoms with van der Waals surface area (Å²) in [7, 11) is 0. The van der Waals surface area contributed by atoms with Crippen LogP contribution in [0.25, 0.3) is 0 Å². The summed E-state index contributed by atoms with van der Waals surface area (Å²) in [6, 6.07) is 7.44. The first-order valence-corrected chi connectivity index (χ1v) is 17.2. The van der Waals surface area contributed by atoms with Gasteiger partial charge in [-0.1, -0.05) is 76.1 Å². The number of aliphatic hydroxyl groups excluding tert-OH is 1. The Morgan fingerprint density at radius 3 is 2.53 bits per heavy atom. The van der Waals surface area contributed by atoms with Crippen molar-refractivity contribution in [3.8, 4) is 0 Å². The van der Waals surface area contributed by atoms with Gasteiger partial charge >= 0.3 is 5.97 Å². The molecule has 258 valence electrons. The highest BCUT2D eigenvalue weighted by molar-refractivity contribution is 5.98. The van der Waals surface area contributed by atoms with Crippen molar-refractivity contribution in [3.05, 3.63) is 61.2 Å². The number of esters is 1. The number of carbonyl (C=O) groups excluding carboxylic acids is 4. The number of ether oxygens (including phenoxy) is 2. The third-order valence-corrected chi connectivity index (χ3v) is 10.4. The van der Waals surface area contributed by atoms with Gasteiger partial charge in [0.25, 0.3) is 0 Å².